The van der Waals surface area contributed by atoms with E-state index in [1.54, 1.807) is 13.8 Å². The zero-order valence-corrected chi connectivity index (χ0v) is 13.5. The van der Waals surface area contributed by atoms with Crippen LogP contribution >= 0.6 is 0 Å². The van der Waals surface area contributed by atoms with Crippen LogP contribution in [-0.4, -0.2) is 59.6 Å². The van der Waals surface area contributed by atoms with Gasteiger partial charge in [0.05, 0.1) is 6.54 Å². The van der Waals surface area contributed by atoms with Gasteiger partial charge in [0, 0.05) is 13.1 Å². The Labute approximate surface area is 128 Å². The largest absolute Gasteiger partial charge is 0.401 e. The summed E-state index contributed by atoms with van der Waals surface area (Å²) in [5.74, 6) is -0.377. The second kappa shape index (κ2) is 6.85. The maximum atomic E-state index is 12.4. The molecule has 0 aromatic carbocycles. The Kier molecular flexibility index (Phi) is 5.83. The lowest BCUT2D eigenvalue weighted by Crippen LogP contribution is -2.48. The smallest absolute Gasteiger partial charge is 0.323 e. The first kappa shape index (κ1) is 18.7. The van der Waals surface area contributed by atoms with E-state index < -0.39 is 24.3 Å². The minimum atomic E-state index is -4.24. The highest BCUT2D eigenvalue weighted by molar-refractivity contribution is 6.06. The van der Waals surface area contributed by atoms with Gasteiger partial charge < -0.3 is 5.32 Å². The predicted octanol–water partition coefficient (Wildman–Crippen LogP) is 2.23. The van der Waals surface area contributed by atoms with Gasteiger partial charge in [-0.3, -0.25) is 14.6 Å². The molecule has 0 bridgehead atoms. The Bertz CT molecular complexity index is 426. The Morgan fingerprint density at radius 2 is 1.91 bits per heavy atom. The van der Waals surface area contributed by atoms with Gasteiger partial charge in [-0.1, -0.05) is 20.8 Å². The van der Waals surface area contributed by atoms with Crippen molar-refractivity contribution in [2.75, 3.05) is 26.2 Å². The Balaban J connectivity index is 2.55. The number of halogens is 3. The molecular formula is C14H24F3N3O2. The molecule has 3 amide bonds. The van der Waals surface area contributed by atoms with Crippen LogP contribution in [0.1, 0.15) is 34.1 Å². The first-order chi connectivity index (χ1) is 10.0. The monoisotopic (exact) mass is 323 g/mol. The van der Waals surface area contributed by atoms with E-state index in [0.29, 0.717) is 6.42 Å². The third kappa shape index (κ3) is 4.34. The molecular weight excluding hydrogens is 299 g/mol. The molecule has 1 heterocycles. The lowest BCUT2D eigenvalue weighted by molar-refractivity contribution is -0.146. The number of hydrogen-bond donors (Lipinski definition) is 1. The number of imide groups is 1. The molecule has 5 nitrogen and oxygen atoms in total. The van der Waals surface area contributed by atoms with Crippen LogP contribution in [0.5, 0.6) is 0 Å². The van der Waals surface area contributed by atoms with E-state index in [1.165, 1.54) is 4.90 Å². The highest BCUT2D eigenvalue weighted by atomic mass is 19.4. The van der Waals surface area contributed by atoms with Crippen molar-refractivity contribution in [1.29, 1.82) is 0 Å². The third-order valence-electron chi connectivity index (χ3n) is 4.16. The summed E-state index contributed by atoms with van der Waals surface area (Å²) in [5.41, 5.74) is -0.937. The maximum absolute atomic E-state index is 12.4. The lowest BCUT2D eigenvalue weighted by atomic mass is 9.88. The van der Waals surface area contributed by atoms with Gasteiger partial charge in [-0.05, 0) is 25.8 Å². The molecule has 1 aliphatic rings. The summed E-state index contributed by atoms with van der Waals surface area (Å²) >= 11 is 0. The highest BCUT2D eigenvalue weighted by Gasteiger charge is 2.49. The molecule has 128 valence electrons. The number of hydrogen-bond acceptors (Lipinski definition) is 3. The Morgan fingerprint density at radius 3 is 2.32 bits per heavy atom. The predicted molar refractivity (Wildman–Crippen MR) is 76.3 cm³/mol. The highest BCUT2D eigenvalue weighted by Crippen LogP contribution is 2.25. The van der Waals surface area contributed by atoms with Crippen LogP contribution in [0.2, 0.25) is 0 Å². The third-order valence-corrected chi connectivity index (χ3v) is 4.16. The molecule has 1 N–H and O–H groups in total. The van der Waals surface area contributed by atoms with E-state index >= 15 is 0 Å². The van der Waals surface area contributed by atoms with Gasteiger partial charge in [0.2, 0.25) is 0 Å². The van der Waals surface area contributed by atoms with Gasteiger partial charge in [0.25, 0.3) is 5.91 Å². The molecule has 1 aliphatic heterocycles. The fourth-order valence-electron chi connectivity index (χ4n) is 2.36. The van der Waals surface area contributed by atoms with Gasteiger partial charge in [0.1, 0.15) is 5.54 Å². The molecule has 1 fully saturated rings. The second-order valence-electron chi connectivity index (χ2n) is 6.08. The minimum Gasteiger partial charge on any atom is -0.323 e. The quantitative estimate of drug-likeness (QED) is 0.731. The molecule has 0 saturated carbocycles. The van der Waals surface area contributed by atoms with Crippen molar-refractivity contribution in [1.82, 2.24) is 15.1 Å². The van der Waals surface area contributed by atoms with Gasteiger partial charge in [-0.15, -0.1) is 0 Å². The molecule has 1 unspecified atom stereocenters. The van der Waals surface area contributed by atoms with Gasteiger partial charge >= 0.3 is 12.2 Å². The number of rotatable bonds is 7. The maximum Gasteiger partial charge on any atom is 0.401 e. The summed E-state index contributed by atoms with van der Waals surface area (Å²) in [5, 5.41) is 2.66. The molecule has 22 heavy (non-hydrogen) atoms. The first-order valence-corrected chi connectivity index (χ1v) is 7.44. The van der Waals surface area contributed by atoms with Crippen molar-refractivity contribution in [3.8, 4) is 0 Å². The van der Waals surface area contributed by atoms with Crippen LogP contribution in [0.15, 0.2) is 0 Å². The summed E-state index contributed by atoms with van der Waals surface area (Å²) in [6, 6.07) is -0.472. The Hall–Kier alpha value is -1.31. The van der Waals surface area contributed by atoms with Crippen molar-refractivity contribution in [3.05, 3.63) is 0 Å². The second-order valence-corrected chi connectivity index (χ2v) is 6.08. The molecule has 1 atom stereocenters. The van der Waals surface area contributed by atoms with Crippen molar-refractivity contribution >= 4 is 11.9 Å². The van der Waals surface area contributed by atoms with Crippen LogP contribution < -0.4 is 5.32 Å². The number of nitrogens with zero attached hydrogens (tertiary/aromatic N) is 2. The number of nitrogens with one attached hydrogen (secondary N) is 1. The van der Waals surface area contributed by atoms with E-state index in [2.05, 4.69) is 5.32 Å². The topological polar surface area (TPSA) is 52.6 Å². The van der Waals surface area contributed by atoms with Crippen molar-refractivity contribution in [3.63, 3.8) is 0 Å². The standard InChI is InChI=1S/C14H24F3N3O2/c1-5-19(9-14(15,16)17)7-6-8-20-11(21)13(4,10(2)3)18-12(20)22/h10H,5-9H2,1-4H3,(H,18,22). The molecule has 0 aromatic heterocycles. The van der Waals surface area contributed by atoms with Crippen LogP contribution in [-0.2, 0) is 4.79 Å². The fourth-order valence-corrected chi connectivity index (χ4v) is 2.36. The van der Waals surface area contributed by atoms with Crippen LogP contribution in [0, 0.1) is 5.92 Å². The molecule has 0 aliphatic carbocycles. The fraction of sp³-hybridized carbons (Fsp3) is 0.857. The van der Waals surface area contributed by atoms with Gasteiger partial charge in [0.15, 0.2) is 0 Å². The van der Waals surface area contributed by atoms with E-state index in [-0.39, 0.29) is 31.5 Å². The van der Waals surface area contributed by atoms with E-state index in [9.17, 15) is 22.8 Å². The number of carbonyl (C=O) groups is 2. The molecule has 1 rings (SSSR count). The number of amides is 3. The van der Waals surface area contributed by atoms with E-state index in [1.807, 2.05) is 13.8 Å². The average molecular weight is 323 g/mol. The van der Waals surface area contributed by atoms with Crippen LogP contribution in [0.4, 0.5) is 18.0 Å². The zero-order chi connectivity index (χ0) is 17.1. The average Bonchev–Trinajstić information content (AvgIpc) is 2.60. The van der Waals surface area contributed by atoms with Crippen molar-refractivity contribution in [2.24, 2.45) is 5.92 Å². The summed E-state index contributed by atoms with van der Waals surface area (Å²) in [6.45, 7) is 6.59. The molecule has 8 heteroatoms. The minimum absolute atomic E-state index is 0.0636. The van der Waals surface area contributed by atoms with Crippen LogP contribution in [0.25, 0.3) is 0 Å². The Morgan fingerprint density at radius 1 is 1.32 bits per heavy atom. The number of alkyl halides is 3. The summed E-state index contributed by atoms with van der Waals surface area (Å²) < 4.78 is 37.1. The molecule has 0 radical (unpaired) electrons. The summed E-state index contributed by atoms with van der Waals surface area (Å²) in [4.78, 5) is 26.5. The van der Waals surface area contributed by atoms with Gasteiger partial charge in [-0.25, -0.2) is 4.79 Å². The SMILES string of the molecule is CCN(CCCN1C(=O)NC(C)(C(C)C)C1=O)CC(F)(F)F. The zero-order valence-electron chi connectivity index (χ0n) is 13.5. The summed E-state index contributed by atoms with van der Waals surface area (Å²) in [6.07, 6.45) is -3.93. The molecule has 0 spiro atoms. The summed E-state index contributed by atoms with van der Waals surface area (Å²) in [7, 11) is 0. The van der Waals surface area contributed by atoms with E-state index in [4.69, 9.17) is 0 Å². The van der Waals surface area contributed by atoms with E-state index in [0.717, 1.165) is 4.90 Å². The van der Waals surface area contributed by atoms with Crippen LogP contribution in [0.3, 0.4) is 0 Å². The molecule has 0 aromatic rings. The number of urea groups is 1. The molecule has 1 saturated heterocycles. The first-order valence-electron chi connectivity index (χ1n) is 7.44. The van der Waals surface area contributed by atoms with Crippen molar-refractivity contribution < 1.29 is 22.8 Å². The van der Waals surface area contributed by atoms with Gasteiger partial charge in [-0.2, -0.15) is 13.2 Å². The lowest BCUT2D eigenvalue weighted by Gasteiger charge is -2.26. The normalized spacial score (nSPS) is 22.9. The van der Waals surface area contributed by atoms with Crippen molar-refractivity contribution in [2.45, 2.75) is 45.8 Å². The number of carbonyl (C=O) groups excluding carboxylic acids is 2.